The predicted molar refractivity (Wildman–Crippen MR) is 327 cm³/mol. The Morgan fingerprint density at radius 1 is 0.362 bits per heavy atom. The lowest BCUT2D eigenvalue weighted by Gasteiger charge is -2.12. The monoisotopic (exact) mass is 1460 g/mol. The highest BCUT2D eigenvalue weighted by atomic mass is 32.3. The van der Waals surface area contributed by atoms with Crippen molar-refractivity contribution in [2.45, 2.75) is 34.6 Å². The van der Waals surface area contributed by atoms with Gasteiger partial charge in [0.15, 0.2) is 21.9 Å². The van der Waals surface area contributed by atoms with E-state index in [1.807, 2.05) is 13.9 Å². The Kier molecular flexibility index (Phi) is 59.5. The lowest BCUT2D eigenvalue weighted by Crippen LogP contribution is -2.27. The van der Waals surface area contributed by atoms with Crippen LogP contribution in [0.2, 0.25) is 0 Å². The van der Waals surface area contributed by atoms with E-state index in [4.69, 9.17) is 0 Å². The highest BCUT2D eigenvalue weighted by Crippen LogP contribution is 2.45. The number of rotatable bonds is 15. The van der Waals surface area contributed by atoms with E-state index in [1.54, 1.807) is 31.4 Å². The second-order valence-corrected chi connectivity index (χ2v) is 47.3. The zero-order valence-electron chi connectivity index (χ0n) is 49.0. The molecule has 0 bridgehead atoms. The van der Waals surface area contributed by atoms with Crippen LogP contribution in [0.3, 0.4) is 0 Å². The third-order valence-corrected chi connectivity index (χ3v) is 21.7. The van der Waals surface area contributed by atoms with E-state index in [9.17, 15) is 110 Å². The fourth-order valence-corrected chi connectivity index (χ4v) is 20.3. The number of amides is 5. The SMILES string of the molecule is CC(=O)NC(C)=O.CC(=O)NP(C)(C)=O.CC(=O)NS(C)(=O)=O.CC(=O)NS(C)=O.CP(C)(=O)NP(C)(C)=O.CP(C)(=O)NS(C)(=O)=O.CS(=O)(=O)NS(C)(=O)=O.CS(=O)NP(C)(C)=O.CS(=O)NS(C)(=O)=O.CS(=O)NS(C)=O. The fraction of sp³-hybridized carbons (Fsp3) is 0.833. The molecule has 0 aliphatic heterocycles. The third kappa shape index (κ3) is 185. The first-order chi connectivity index (χ1) is 34.2. The van der Waals surface area contributed by atoms with Gasteiger partial charge >= 0.3 is 0 Å². The van der Waals surface area contributed by atoms with E-state index in [0.717, 1.165) is 38.2 Å². The van der Waals surface area contributed by atoms with Crippen LogP contribution in [0, 0.1) is 0 Å². The number of hydrogen-bond donors (Lipinski definition) is 10. The van der Waals surface area contributed by atoms with Crippen molar-refractivity contribution < 1.29 is 110 Å². The minimum Gasteiger partial charge on any atom is -0.307 e. The molecule has 50 heteroatoms. The van der Waals surface area contributed by atoms with Gasteiger partial charge in [-0.25, -0.2) is 68.0 Å². The maximum absolute atomic E-state index is 10.9. The number of sulfonamides is 5. The van der Waals surface area contributed by atoms with Crippen molar-refractivity contribution in [3.05, 3.63) is 0 Å². The van der Waals surface area contributed by atoms with Gasteiger partial charge in [-0.3, -0.25) is 38.7 Å². The maximum atomic E-state index is 10.9. The van der Waals surface area contributed by atoms with E-state index in [-0.39, 0.29) is 23.6 Å². The number of carbonyl (C=O) groups excluding carboxylic acids is 5. The van der Waals surface area contributed by atoms with Crippen LogP contribution >= 0.6 is 36.5 Å². The van der Waals surface area contributed by atoms with E-state index in [2.05, 4.69) is 23.3 Å². The third-order valence-electron chi connectivity index (χ3n) is 3.42. The van der Waals surface area contributed by atoms with Crippen LogP contribution in [0.5, 0.6) is 0 Å². The predicted octanol–water partition coefficient (Wildman–Crippen LogP) is -2.55. The Balaban J connectivity index is -0.0000000852. The topological polar surface area (TPSA) is 547 Å². The quantitative estimate of drug-likeness (QED) is 0.0755. The van der Waals surface area contributed by atoms with Crippen LogP contribution in [-0.4, -0.2) is 222 Å². The highest BCUT2D eigenvalue weighted by Gasteiger charge is 2.15. The van der Waals surface area contributed by atoms with Crippen molar-refractivity contribution >= 4 is 171 Å². The van der Waals surface area contributed by atoms with Gasteiger partial charge in [-0.15, -0.1) is 8.25 Å². The van der Waals surface area contributed by atoms with Gasteiger partial charge in [-0.1, -0.05) is 0 Å². The standard InChI is InChI=1S/C4H13NO2P2.C4H10NO2P.C4H7NO2.C3H10NO3PS.C3H7NO3S.C3H10NO2PS.C3H7NO2S.C2H7NO4S2.C2H7NO3S2.C2H7NO2S2/c1-8(2,6)5-9(3,4)7;1-4(6)5-8(2,3)7;1-3(6)5-4(2)7;1-8(2,5)4-9(3,6)7;1-3(5)4-8(2,6)7;1-7(2,5)4-8(3)6;1-3(5)4-7(2)6;1-8(4,5)3-9(2,6)7;1-7(4)3-8(2,5)6;1-6(4)3-7(2)5/h1-4H3,(H,5,6,7);1-3H3,(H,5,6,7);1-2H3,(H,5,6,7);1-3H3,(H,4,5);1-2H3,(H,4,5);1-3H3,(H,4,5);1-2H3,(H,4,5);3H,1-2H3;3H,1-2H3;3H,1-2H3. The van der Waals surface area contributed by atoms with Crippen LogP contribution in [0.25, 0.3) is 0 Å². The number of imide groups is 1. The molecule has 0 aromatic carbocycles. The molecule has 0 saturated heterocycles. The first-order valence-electron chi connectivity index (χ1n) is 19.9. The smallest absolute Gasteiger partial charge is 0.231 e. The fourth-order valence-electron chi connectivity index (χ4n) is 3.03. The minimum atomic E-state index is -3.62. The summed E-state index contributed by atoms with van der Waals surface area (Å²) < 4.78 is 220. The van der Waals surface area contributed by atoms with Crippen molar-refractivity contribution in [2.75, 3.05) is 129 Å². The van der Waals surface area contributed by atoms with Gasteiger partial charge < -0.3 is 27.9 Å². The lowest BCUT2D eigenvalue weighted by molar-refractivity contribution is -0.128. The molecule has 5 unspecified atom stereocenters. The molecule has 35 nitrogen and oxygen atoms in total. The molecule has 0 aromatic heterocycles. The van der Waals surface area contributed by atoms with Crippen molar-refractivity contribution in [3.63, 3.8) is 0 Å². The van der Waals surface area contributed by atoms with Crippen LogP contribution in [-0.2, 0) is 152 Å². The second-order valence-electron chi connectivity index (χ2n) is 16.6. The zero-order chi connectivity index (χ0) is 67.8. The highest BCUT2D eigenvalue weighted by molar-refractivity contribution is 8.04. The van der Waals surface area contributed by atoms with Crippen molar-refractivity contribution in [1.82, 2.24) is 46.1 Å². The summed E-state index contributed by atoms with van der Waals surface area (Å²) in [6.07, 6.45) is 11.4. The summed E-state index contributed by atoms with van der Waals surface area (Å²) in [5.41, 5.74) is 0. The maximum Gasteiger partial charge on any atom is 0.231 e. The number of nitrogens with one attached hydrogen (secondary N) is 10. The summed E-state index contributed by atoms with van der Waals surface area (Å²) >= 11 is 0. The first kappa shape index (κ1) is 101. The molecule has 0 aliphatic rings. The summed E-state index contributed by atoms with van der Waals surface area (Å²) in [5.74, 6) is -1.69. The molecule has 0 fully saturated rings. The van der Waals surface area contributed by atoms with Crippen LogP contribution in [0.4, 0.5) is 0 Å². The Morgan fingerprint density at radius 2 is 0.688 bits per heavy atom. The Labute approximate surface area is 487 Å². The van der Waals surface area contributed by atoms with Crippen LogP contribution < -0.4 is 46.1 Å². The molecule has 0 saturated carbocycles. The first-order valence-corrected chi connectivity index (χ1v) is 50.2. The molecule has 0 radical (unpaired) electrons. The van der Waals surface area contributed by atoms with Gasteiger partial charge in [0.2, 0.25) is 79.7 Å². The summed E-state index contributed by atoms with van der Waals surface area (Å²) in [6, 6.07) is 0. The zero-order valence-corrected chi connectivity index (χ0v) is 61.7. The Hall–Kier alpha value is -1.04. The van der Waals surface area contributed by atoms with Crippen molar-refractivity contribution in [1.29, 1.82) is 0 Å². The molecule has 0 aliphatic carbocycles. The molecule has 490 valence electrons. The van der Waals surface area contributed by atoms with Crippen LogP contribution in [0.1, 0.15) is 34.6 Å². The summed E-state index contributed by atoms with van der Waals surface area (Å²) in [7, 11) is -35.1. The van der Waals surface area contributed by atoms with Crippen molar-refractivity contribution in [3.8, 4) is 0 Å². The number of carbonyl (C=O) groups is 5. The molecule has 0 rings (SSSR count). The lowest BCUT2D eigenvalue weighted by atomic mass is 10.6. The molecule has 10 N–H and O–H groups in total. The largest absolute Gasteiger partial charge is 0.307 e. The van der Waals surface area contributed by atoms with Crippen LogP contribution in [0.15, 0.2) is 0 Å². The van der Waals surface area contributed by atoms with Crippen molar-refractivity contribution in [2.24, 2.45) is 0 Å². The molecule has 80 heavy (non-hydrogen) atoms. The van der Waals surface area contributed by atoms with Gasteiger partial charge in [-0.05, 0) is 0 Å². The minimum absolute atomic E-state index is 0.238. The molecule has 0 spiro atoms. The summed E-state index contributed by atoms with van der Waals surface area (Å²) in [5, 5.41) is 4.33. The van der Waals surface area contributed by atoms with Gasteiger partial charge in [0.1, 0.15) is 58.5 Å². The van der Waals surface area contributed by atoms with Gasteiger partial charge in [-0.2, -0.15) is 13.1 Å². The summed E-state index contributed by atoms with van der Waals surface area (Å²) in [6.45, 7) is 21.4. The molecule has 5 amide bonds. The second kappa shape index (κ2) is 47.2. The average Bonchev–Trinajstić information content (AvgIpc) is 2.95. The number of hydrogen-bond acceptors (Lipinski definition) is 25. The molecule has 5 atom stereocenters. The van der Waals surface area contributed by atoms with Gasteiger partial charge in [0.25, 0.3) is 0 Å². The molecule has 0 heterocycles. The molecule has 0 aromatic rings. The molecular weight excluding hydrogens is 1380 g/mol. The normalized spacial score (nSPS) is 13.4. The van der Waals surface area contributed by atoms with E-state index in [0.29, 0.717) is 0 Å². The summed E-state index contributed by atoms with van der Waals surface area (Å²) in [4.78, 5) is 52.5. The Bertz CT molecular complexity index is 2680. The Morgan fingerprint density at radius 3 is 0.688 bits per heavy atom. The van der Waals surface area contributed by atoms with E-state index >= 15 is 0 Å². The average molecular weight is 1460 g/mol. The van der Waals surface area contributed by atoms with Gasteiger partial charge in [0, 0.05) is 133 Å². The van der Waals surface area contributed by atoms with Gasteiger partial charge in [0.05, 0.1) is 42.3 Å². The van der Waals surface area contributed by atoms with E-state index < -0.39 is 147 Å². The molecular formula is C30H85N10O25P5S10. The van der Waals surface area contributed by atoms with E-state index in [1.165, 1.54) is 103 Å².